The van der Waals surface area contributed by atoms with E-state index in [1.165, 1.54) is 0 Å². The predicted octanol–water partition coefficient (Wildman–Crippen LogP) is 10.3. The van der Waals surface area contributed by atoms with Gasteiger partial charge >= 0.3 is 0 Å². The van der Waals surface area contributed by atoms with Gasteiger partial charge in [0.2, 0.25) is 0 Å². The van der Waals surface area contributed by atoms with Gasteiger partial charge in [-0.15, -0.1) is 0 Å². The van der Waals surface area contributed by atoms with Crippen molar-refractivity contribution in [2.45, 2.75) is 56.8 Å². The summed E-state index contributed by atoms with van der Waals surface area (Å²) >= 11 is 0. The molecule has 7 heteroatoms. The second-order valence-electron chi connectivity index (χ2n) is 14.1. The van der Waals surface area contributed by atoms with Gasteiger partial charge in [0, 0.05) is 23.4 Å². The fourth-order valence-electron chi connectivity index (χ4n) is 6.55. The van der Waals surface area contributed by atoms with Crippen molar-refractivity contribution < 1.29 is 18.7 Å². The molecule has 6 aromatic rings. The molecule has 256 valence electrons. The molecule has 1 atom stereocenters. The Morgan fingerprint density at radius 2 is 1.22 bits per heavy atom. The summed E-state index contributed by atoms with van der Waals surface area (Å²) in [7, 11) is -2.56. The molecule has 0 aliphatic rings. The normalized spacial score (nSPS) is 13.4. The minimum Gasteiger partial charge on any atom is -0.541 e. The third kappa shape index (κ3) is 6.05. The molecule has 0 saturated carbocycles. The first-order chi connectivity index (χ1) is 23.9. The monoisotopic (exact) mass is 684 g/mol. The molecule has 0 aliphatic heterocycles. The largest absolute Gasteiger partial charge is 0.541 e. The van der Waals surface area contributed by atoms with E-state index < -0.39 is 25.2 Å². The van der Waals surface area contributed by atoms with E-state index in [1.807, 2.05) is 128 Å². The Hall–Kier alpha value is -4.98. The van der Waals surface area contributed by atoms with E-state index in [1.54, 1.807) is 18.3 Å². The van der Waals surface area contributed by atoms with Crippen molar-refractivity contribution in [1.29, 1.82) is 0 Å². The summed E-state index contributed by atoms with van der Waals surface area (Å²) in [6.07, 6.45) is 1.76. The highest BCUT2D eigenvalue weighted by Gasteiger charge is 2.59. The van der Waals surface area contributed by atoms with Crippen molar-refractivity contribution in [3.05, 3.63) is 174 Å². The first-order valence-corrected chi connectivity index (χ1v) is 20.0. The average molecular weight is 685 g/mol. The van der Waals surface area contributed by atoms with Gasteiger partial charge in [0.15, 0.2) is 11.4 Å². The highest BCUT2D eigenvalue weighted by Crippen LogP contribution is 2.56. The number of halogens is 1. The van der Waals surface area contributed by atoms with Gasteiger partial charge in [0.05, 0.1) is 17.7 Å². The van der Waals surface area contributed by atoms with Gasteiger partial charge in [0.1, 0.15) is 17.3 Å². The molecule has 0 fully saturated rings. The molecule has 1 unspecified atom stereocenters. The number of aromatic amines is 1. The lowest BCUT2D eigenvalue weighted by Gasteiger charge is -2.48. The summed E-state index contributed by atoms with van der Waals surface area (Å²) in [6, 6.07) is 42.2. The van der Waals surface area contributed by atoms with E-state index >= 15 is 4.39 Å². The summed E-state index contributed by atoms with van der Waals surface area (Å²) in [5.74, 6) is -0.0906. The molecule has 1 heterocycles. The van der Waals surface area contributed by atoms with Crippen molar-refractivity contribution >= 4 is 8.32 Å². The summed E-state index contributed by atoms with van der Waals surface area (Å²) in [4.78, 5) is 8.41. The maximum atomic E-state index is 17.8. The molecule has 1 aromatic heterocycles. The summed E-state index contributed by atoms with van der Waals surface area (Å²) in [5, 5.41) is 14.0. The lowest BCUT2D eigenvalue weighted by molar-refractivity contribution is 0.0164. The topological polar surface area (TPSA) is 67.4 Å². The Bertz CT molecular complexity index is 1930. The molecule has 0 bridgehead atoms. The van der Waals surface area contributed by atoms with E-state index in [9.17, 15) is 5.11 Å². The summed E-state index contributed by atoms with van der Waals surface area (Å²) < 4.78 is 30.6. The van der Waals surface area contributed by atoms with Crippen molar-refractivity contribution in [2.24, 2.45) is 0 Å². The van der Waals surface area contributed by atoms with Crippen LogP contribution in [-0.4, -0.2) is 30.0 Å². The van der Waals surface area contributed by atoms with Gasteiger partial charge in [-0.2, -0.15) is 0 Å². The maximum Gasteiger partial charge on any atom is 0.250 e. The van der Waals surface area contributed by atoms with Gasteiger partial charge in [-0.1, -0.05) is 142 Å². The van der Waals surface area contributed by atoms with Crippen molar-refractivity contribution in [2.75, 3.05) is 6.61 Å². The van der Waals surface area contributed by atoms with Crippen LogP contribution < -0.4 is 9.16 Å². The zero-order valence-electron chi connectivity index (χ0n) is 29.6. The lowest BCUT2D eigenvalue weighted by Crippen LogP contribution is -2.53. The highest BCUT2D eigenvalue weighted by molar-refractivity contribution is 6.74. The molecular formula is C43H45FN2O3Si. The van der Waals surface area contributed by atoms with Crippen LogP contribution in [0.4, 0.5) is 4.39 Å². The van der Waals surface area contributed by atoms with Crippen LogP contribution in [0.5, 0.6) is 11.5 Å². The van der Waals surface area contributed by atoms with E-state index in [0.717, 1.165) is 22.3 Å². The van der Waals surface area contributed by atoms with Crippen LogP contribution in [0.25, 0.3) is 11.3 Å². The first kappa shape index (κ1) is 34.9. The minimum atomic E-state index is -2.56. The van der Waals surface area contributed by atoms with Gasteiger partial charge < -0.3 is 19.3 Å². The quantitative estimate of drug-likeness (QED) is 0.105. The lowest BCUT2D eigenvalue weighted by atomic mass is 9.56. The average Bonchev–Trinajstić information content (AvgIpc) is 3.62. The zero-order chi connectivity index (χ0) is 35.6. The number of nitrogens with one attached hydrogen (secondary N) is 1. The van der Waals surface area contributed by atoms with Gasteiger partial charge in [-0.05, 0) is 47.8 Å². The summed E-state index contributed by atoms with van der Waals surface area (Å²) in [5.41, 5.74) is 0.0217. The van der Waals surface area contributed by atoms with Crippen LogP contribution in [0.1, 0.15) is 55.8 Å². The number of aromatic nitrogens is 2. The molecule has 6 rings (SSSR count). The van der Waals surface area contributed by atoms with Gasteiger partial charge in [-0.3, -0.25) is 0 Å². The zero-order valence-corrected chi connectivity index (χ0v) is 30.6. The molecule has 0 spiro atoms. The molecule has 0 aliphatic carbocycles. The standard InChI is InChI=1S/C43H45FN2O3Si/c1-7-48-35-28-36(39(44)38(29-35)49-50(5,6)41(2,3)4)43(47,40-45-30-37(46-40)31-20-12-8-13-21-31)42(32-22-14-9-15-23-32,33-24-16-10-17-25-33)34-26-18-11-19-27-34/h8-30,47H,7H2,1-6H3,(H,45,46). The minimum absolute atomic E-state index is 0.0253. The third-order valence-electron chi connectivity index (χ3n) is 10.0. The molecule has 5 nitrogen and oxygen atoms in total. The first-order valence-electron chi connectivity index (χ1n) is 17.1. The van der Waals surface area contributed by atoms with Crippen LogP contribution in [0, 0.1) is 5.82 Å². The number of ether oxygens (including phenoxy) is 1. The third-order valence-corrected chi connectivity index (χ3v) is 14.4. The Kier molecular flexibility index (Phi) is 9.57. The smallest absolute Gasteiger partial charge is 0.250 e. The highest BCUT2D eigenvalue weighted by atomic mass is 28.4. The van der Waals surface area contributed by atoms with Crippen LogP contribution >= 0.6 is 0 Å². The summed E-state index contributed by atoms with van der Waals surface area (Å²) in [6.45, 7) is 12.7. The predicted molar refractivity (Wildman–Crippen MR) is 202 cm³/mol. The van der Waals surface area contributed by atoms with Gasteiger partial charge in [0.25, 0.3) is 8.32 Å². The van der Waals surface area contributed by atoms with Crippen molar-refractivity contribution in [1.82, 2.24) is 9.97 Å². The number of aliphatic hydroxyl groups is 1. The second kappa shape index (κ2) is 13.7. The van der Waals surface area contributed by atoms with E-state index in [-0.39, 0.29) is 22.2 Å². The van der Waals surface area contributed by atoms with E-state index in [4.69, 9.17) is 14.1 Å². The van der Waals surface area contributed by atoms with Crippen LogP contribution in [0.2, 0.25) is 18.1 Å². The number of imidazole rings is 1. The molecule has 50 heavy (non-hydrogen) atoms. The second-order valence-corrected chi connectivity index (χ2v) is 18.9. The molecule has 5 aromatic carbocycles. The Labute approximate surface area is 295 Å². The Morgan fingerprint density at radius 1 is 0.740 bits per heavy atom. The van der Waals surface area contributed by atoms with E-state index in [0.29, 0.717) is 18.1 Å². The fraction of sp³-hybridized carbons (Fsp3) is 0.233. The van der Waals surface area contributed by atoms with Crippen LogP contribution in [-0.2, 0) is 11.0 Å². The van der Waals surface area contributed by atoms with Crippen molar-refractivity contribution in [3.8, 4) is 22.8 Å². The Morgan fingerprint density at radius 3 is 1.68 bits per heavy atom. The van der Waals surface area contributed by atoms with E-state index in [2.05, 4.69) is 38.8 Å². The number of H-pyrrole nitrogens is 1. The Balaban J connectivity index is 1.80. The molecule has 0 amide bonds. The van der Waals surface area contributed by atoms with Gasteiger partial charge in [-0.25, -0.2) is 9.37 Å². The number of hydrogen-bond acceptors (Lipinski definition) is 4. The molecule has 0 radical (unpaired) electrons. The molecule has 2 N–H and O–H groups in total. The van der Waals surface area contributed by atoms with Crippen LogP contribution in [0.15, 0.2) is 140 Å². The maximum absolute atomic E-state index is 17.8. The number of nitrogens with zero attached hydrogens (tertiary/aromatic N) is 1. The SMILES string of the molecule is CCOc1cc(O[Si](C)(C)C(C)(C)C)c(F)c(C(O)(c2nc(-c3ccccc3)c[nH]2)C(c2ccccc2)(c2ccccc2)c2ccccc2)c1. The van der Waals surface area contributed by atoms with Crippen molar-refractivity contribution in [3.63, 3.8) is 0 Å². The molecule has 0 saturated heterocycles. The fourth-order valence-corrected chi connectivity index (χ4v) is 7.55. The number of rotatable bonds is 11. The number of hydrogen-bond donors (Lipinski definition) is 2. The molecular weight excluding hydrogens is 640 g/mol. The number of benzene rings is 5. The van der Waals surface area contributed by atoms with Crippen LogP contribution in [0.3, 0.4) is 0 Å².